The average molecular weight is 273 g/mol. The molecule has 2 aromatic rings. The summed E-state index contributed by atoms with van der Waals surface area (Å²) in [4.78, 5) is 12.0. The fraction of sp³-hybridized carbons (Fsp3) is 0.214. The molecule has 1 aromatic heterocycles. The van der Waals surface area contributed by atoms with E-state index in [1.54, 1.807) is 31.4 Å². The molecule has 0 radical (unpaired) electrons. The van der Waals surface area contributed by atoms with Crippen LogP contribution in [0.4, 0.5) is 5.69 Å². The minimum atomic E-state index is -0.356. The Balaban J connectivity index is 2.11. The van der Waals surface area contributed by atoms with Crippen LogP contribution in [-0.4, -0.2) is 29.8 Å². The first-order valence-electron chi connectivity index (χ1n) is 6.15. The summed E-state index contributed by atoms with van der Waals surface area (Å²) in [5, 5.41) is 10.4. The lowest BCUT2D eigenvalue weighted by Gasteiger charge is -2.09. The molecule has 0 bridgehead atoms. The second kappa shape index (κ2) is 6.51. The fourth-order valence-electron chi connectivity index (χ4n) is 1.60. The van der Waals surface area contributed by atoms with Crippen molar-refractivity contribution in [3.63, 3.8) is 0 Å². The first kappa shape index (κ1) is 13.8. The van der Waals surface area contributed by atoms with Crippen molar-refractivity contribution in [2.75, 3.05) is 19.0 Å². The Labute approximate surface area is 116 Å². The number of nitrogens with one attached hydrogen (secondary N) is 1. The van der Waals surface area contributed by atoms with Gasteiger partial charge in [-0.3, -0.25) is 4.79 Å². The molecule has 20 heavy (non-hydrogen) atoms. The smallest absolute Gasteiger partial charge is 0.276 e. The Morgan fingerprint density at radius 2 is 2.00 bits per heavy atom. The van der Waals surface area contributed by atoms with E-state index in [9.17, 15) is 4.79 Å². The summed E-state index contributed by atoms with van der Waals surface area (Å²) >= 11 is 0. The van der Waals surface area contributed by atoms with Gasteiger partial charge in [0.25, 0.3) is 5.91 Å². The summed E-state index contributed by atoms with van der Waals surface area (Å²) in [6.07, 6.45) is 0. The van der Waals surface area contributed by atoms with Crippen molar-refractivity contribution in [2.45, 2.75) is 6.92 Å². The molecule has 0 fully saturated rings. The second-order valence-electron chi connectivity index (χ2n) is 3.84. The molecule has 0 aliphatic rings. The van der Waals surface area contributed by atoms with Crippen molar-refractivity contribution in [1.29, 1.82) is 0 Å². The van der Waals surface area contributed by atoms with Crippen LogP contribution in [0.5, 0.6) is 11.6 Å². The highest BCUT2D eigenvalue weighted by Crippen LogP contribution is 2.23. The van der Waals surface area contributed by atoms with Gasteiger partial charge in [-0.15, -0.1) is 10.2 Å². The first-order chi connectivity index (χ1) is 9.74. The Morgan fingerprint density at radius 1 is 1.20 bits per heavy atom. The molecule has 0 unspecified atom stereocenters. The van der Waals surface area contributed by atoms with E-state index in [1.807, 2.05) is 19.1 Å². The third kappa shape index (κ3) is 3.23. The van der Waals surface area contributed by atoms with Gasteiger partial charge in [-0.05, 0) is 25.1 Å². The molecule has 1 amide bonds. The summed E-state index contributed by atoms with van der Waals surface area (Å²) < 4.78 is 10.3. The van der Waals surface area contributed by atoms with Crippen molar-refractivity contribution in [3.8, 4) is 11.6 Å². The van der Waals surface area contributed by atoms with E-state index < -0.39 is 0 Å². The van der Waals surface area contributed by atoms with Gasteiger partial charge in [0.05, 0.1) is 19.4 Å². The van der Waals surface area contributed by atoms with Crippen LogP contribution in [0, 0.1) is 0 Å². The van der Waals surface area contributed by atoms with Gasteiger partial charge in [0.2, 0.25) is 5.88 Å². The van der Waals surface area contributed by atoms with E-state index in [2.05, 4.69) is 15.5 Å². The molecule has 0 saturated heterocycles. The Bertz CT molecular complexity index is 584. The van der Waals surface area contributed by atoms with Crippen molar-refractivity contribution in [3.05, 3.63) is 42.1 Å². The van der Waals surface area contributed by atoms with Crippen LogP contribution >= 0.6 is 0 Å². The maximum absolute atomic E-state index is 12.0. The summed E-state index contributed by atoms with van der Waals surface area (Å²) in [5.74, 6) is 0.617. The monoisotopic (exact) mass is 273 g/mol. The minimum absolute atomic E-state index is 0.208. The van der Waals surface area contributed by atoms with Gasteiger partial charge in [-0.2, -0.15) is 0 Å². The lowest BCUT2D eigenvalue weighted by molar-refractivity contribution is 0.102. The number of rotatable bonds is 5. The van der Waals surface area contributed by atoms with Crippen LogP contribution in [0.2, 0.25) is 0 Å². The summed E-state index contributed by atoms with van der Waals surface area (Å²) in [7, 11) is 1.54. The van der Waals surface area contributed by atoms with E-state index in [4.69, 9.17) is 9.47 Å². The van der Waals surface area contributed by atoms with Crippen molar-refractivity contribution >= 4 is 11.6 Å². The summed E-state index contributed by atoms with van der Waals surface area (Å²) in [6.45, 7) is 2.35. The predicted molar refractivity (Wildman–Crippen MR) is 74.1 cm³/mol. The third-order valence-corrected chi connectivity index (χ3v) is 2.52. The third-order valence-electron chi connectivity index (χ3n) is 2.52. The van der Waals surface area contributed by atoms with Crippen LogP contribution in [0.1, 0.15) is 17.4 Å². The molecule has 1 aromatic carbocycles. The molecule has 0 spiro atoms. The van der Waals surface area contributed by atoms with Crippen molar-refractivity contribution < 1.29 is 14.3 Å². The summed E-state index contributed by atoms with van der Waals surface area (Å²) in [5.41, 5.74) is 0.787. The standard InChI is InChI=1S/C14H15N3O3/c1-3-20-13-9-8-11(16-17-13)14(18)15-10-6-4-5-7-12(10)19-2/h4-9H,3H2,1-2H3,(H,15,18). The average Bonchev–Trinajstić information content (AvgIpc) is 2.49. The highest BCUT2D eigenvalue weighted by molar-refractivity contribution is 6.03. The van der Waals surface area contributed by atoms with Gasteiger partial charge >= 0.3 is 0 Å². The number of benzene rings is 1. The first-order valence-corrected chi connectivity index (χ1v) is 6.15. The van der Waals surface area contributed by atoms with E-state index in [-0.39, 0.29) is 11.6 Å². The second-order valence-corrected chi connectivity index (χ2v) is 3.84. The van der Waals surface area contributed by atoms with Crippen molar-refractivity contribution in [2.24, 2.45) is 0 Å². The molecule has 6 heteroatoms. The summed E-state index contributed by atoms with van der Waals surface area (Å²) in [6, 6.07) is 10.3. The SMILES string of the molecule is CCOc1ccc(C(=O)Nc2ccccc2OC)nn1. The number of methoxy groups -OCH3 is 1. The Hall–Kier alpha value is -2.63. The van der Waals surface area contributed by atoms with Gasteiger partial charge in [-0.25, -0.2) is 0 Å². The number of ether oxygens (including phenoxy) is 2. The molecule has 104 valence electrons. The number of amides is 1. The maximum atomic E-state index is 12.0. The molecular formula is C14H15N3O3. The number of para-hydroxylation sites is 2. The van der Waals surface area contributed by atoms with Gasteiger partial charge < -0.3 is 14.8 Å². The van der Waals surface area contributed by atoms with E-state index >= 15 is 0 Å². The number of aromatic nitrogens is 2. The van der Waals surface area contributed by atoms with Crippen LogP contribution in [0.15, 0.2) is 36.4 Å². The Morgan fingerprint density at radius 3 is 2.65 bits per heavy atom. The number of carbonyl (C=O) groups is 1. The lowest BCUT2D eigenvalue weighted by atomic mass is 10.2. The van der Waals surface area contributed by atoms with Crippen LogP contribution in [0.3, 0.4) is 0 Å². The van der Waals surface area contributed by atoms with E-state index in [0.717, 1.165) is 0 Å². The van der Waals surface area contributed by atoms with Gasteiger partial charge in [0.15, 0.2) is 5.69 Å². The molecule has 0 aliphatic carbocycles. The van der Waals surface area contributed by atoms with Gasteiger partial charge in [0.1, 0.15) is 5.75 Å². The van der Waals surface area contributed by atoms with E-state index in [0.29, 0.717) is 23.9 Å². The molecule has 1 heterocycles. The number of carbonyl (C=O) groups excluding carboxylic acids is 1. The minimum Gasteiger partial charge on any atom is -0.495 e. The van der Waals surface area contributed by atoms with Crippen LogP contribution in [0.25, 0.3) is 0 Å². The normalized spacial score (nSPS) is 9.90. The molecular weight excluding hydrogens is 258 g/mol. The zero-order valence-electron chi connectivity index (χ0n) is 11.3. The molecule has 0 saturated carbocycles. The largest absolute Gasteiger partial charge is 0.495 e. The van der Waals surface area contributed by atoms with Crippen LogP contribution < -0.4 is 14.8 Å². The lowest BCUT2D eigenvalue weighted by Crippen LogP contribution is -2.15. The molecule has 6 nitrogen and oxygen atoms in total. The quantitative estimate of drug-likeness (QED) is 0.903. The molecule has 0 atom stereocenters. The highest BCUT2D eigenvalue weighted by atomic mass is 16.5. The number of hydrogen-bond acceptors (Lipinski definition) is 5. The zero-order valence-corrected chi connectivity index (χ0v) is 11.3. The molecule has 0 aliphatic heterocycles. The number of anilines is 1. The molecule has 1 N–H and O–H groups in total. The van der Waals surface area contributed by atoms with Gasteiger partial charge in [0, 0.05) is 6.07 Å². The van der Waals surface area contributed by atoms with Crippen LogP contribution in [-0.2, 0) is 0 Å². The van der Waals surface area contributed by atoms with E-state index in [1.165, 1.54) is 0 Å². The molecule has 2 rings (SSSR count). The van der Waals surface area contributed by atoms with Gasteiger partial charge in [-0.1, -0.05) is 12.1 Å². The fourth-order valence-corrected chi connectivity index (χ4v) is 1.60. The Kier molecular flexibility index (Phi) is 4.49. The number of hydrogen-bond donors (Lipinski definition) is 1. The number of nitrogens with zero attached hydrogens (tertiary/aromatic N) is 2. The highest BCUT2D eigenvalue weighted by Gasteiger charge is 2.11. The zero-order chi connectivity index (χ0) is 14.4. The van der Waals surface area contributed by atoms with Crippen molar-refractivity contribution in [1.82, 2.24) is 10.2 Å². The topological polar surface area (TPSA) is 73.3 Å². The maximum Gasteiger partial charge on any atom is 0.276 e. The predicted octanol–water partition coefficient (Wildman–Crippen LogP) is 2.14.